The van der Waals surface area contributed by atoms with Gasteiger partial charge in [-0.2, -0.15) is 4.98 Å². The fourth-order valence-electron chi connectivity index (χ4n) is 1.75. The molecule has 6 heteroatoms. The fourth-order valence-corrected chi connectivity index (χ4v) is 1.84. The van der Waals surface area contributed by atoms with Crippen molar-refractivity contribution in [3.05, 3.63) is 24.0 Å². The van der Waals surface area contributed by atoms with Crippen LogP contribution < -0.4 is 9.47 Å². The fraction of sp³-hybridized carbons (Fsp3) is 0.333. The second kappa shape index (κ2) is 4.49. The van der Waals surface area contributed by atoms with Crippen LogP contribution in [0, 0.1) is 0 Å². The highest BCUT2D eigenvalue weighted by atomic mass is 35.5. The molecule has 18 heavy (non-hydrogen) atoms. The molecule has 1 atom stereocenters. The van der Waals surface area contributed by atoms with E-state index in [1.165, 1.54) is 0 Å². The molecule has 5 nitrogen and oxygen atoms in total. The first-order valence-electron chi connectivity index (χ1n) is 5.62. The number of fused-ring (bicyclic) bond motifs is 1. The van der Waals surface area contributed by atoms with E-state index in [0.717, 1.165) is 5.56 Å². The topological polar surface area (TPSA) is 57.4 Å². The number of benzene rings is 1. The summed E-state index contributed by atoms with van der Waals surface area (Å²) < 4.78 is 16.3. The zero-order valence-corrected chi connectivity index (χ0v) is 10.5. The number of nitrogens with zero attached hydrogens (tertiary/aromatic N) is 2. The Bertz CT molecular complexity index is 568. The van der Waals surface area contributed by atoms with Crippen molar-refractivity contribution in [3.8, 4) is 23.0 Å². The summed E-state index contributed by atoms with van der Waals surface area (Å²) >= 11 is 5.91. The zero-order chi connectivity index (χ0) is 12.5. The van der Waals surface area contributed by atoms with Gasteiger partial charge in [0.15, 0.2) is 17.3 Å². The molecule has 3 rings (SSSR count). The first-order chi connectivity index (χ1) is 8.75. The number of ether oxygens (including phenoxy) is 2. The third-order valence-corrected chi connectivity index (χ3v) is 2.79. The normalized spacial score (nSPS) is 15.4. The number of alkyl halides is 1. The highest BCUT2D eigenvalue weighted by Crippen LogP contribution is 2.39. The average Bonchev–Trinajstić information content (AvgIpc) is 2.87. The maximum absolute atomic E-state index is 5.91. The van der Waals surface area contributed by atoms with Crippen molar-refractivity contribution in [1.82, 2.24) is 10.1 Å². The quantitative estimate of drug-likeness (QED) is 0.783. The lowest BCUT2D eigenvalue weighted by Gasteiger charge is -2.19. The van der Waals surface area contributed by atoms with E-state index in [4.69, 9.17) is 25.6 Å². The van der Waals surface area contributed by atoms with E-state index < -0.39 is 0 Å². The minimum Gasteiger partial charge on any atom is -0.486 e. The molecule has 0 fully saturated rings. The van der Waals surface area contributed by atoms with Gasteiger partial charge in [0.05, 0.1) is 10.9 Å². The second-order valence-electron chi connectivity index (χ2n) is 3.90. The number of halogens is 1. The molecule has 1 aromatic carbocycles. The van der Waals surface area contributed by atoms with Crippen LogP contribution in [0.2, 0.25) is 0 Å². The van der Waals surface area contributed by atoms with Crippen molar-refractivity contribution in [2.45, 2.75) is 12.3 Å². The summed E-state index contributed by atoms with van der Waals surface area (Å²) in [6, 6.07) is 5.56. The SMILES string of the molecule is CC(Cl)c1noc(-c2cccc3c2OCCO3)n1. The van der Waals surface area contributed by atoms with E-state index in [1.807, 2.05) is 18.2 Å². The van der Waals surface area contributed by atoms with Gasteiger partial charge in [-0.3, -0.25) is 0 Å². The molecule has 0 N–H and O–H groups in total. The maximum atomic E-state index is 5.91. The van der Waals surface area contributed by atoms with Crippen molar-refractivity contribution in [2.24, 2.45) is 0 Å². The van der Waals surface area contributed by atoms with Crippen LogP contribution in [0.4, 0.5) is 0 Å². The van der Waals surface area contributed by atoms with Gasteiger partial charge < -0.3 is 14.0 Å². The Morgan fingerprint density at radius 3 is 2.89 bits per heavy atom. The van der Waals surface area contributed by atoms with Gasteiger partial charge in [-0.1, -0.05) is 11.2 Å². The van der Waals surface area contributed by atoms with Gasteiger partial charge in [-0.25, -0.2) is 0 Å². The van der Waals surface area contributed by atoms with Gasteiger partial charge in [-0.05, 0) is 19.1 Å². The van der Waals surface area contributed by atoms with Gasteiger partial charge >= 0.3 is 0 Å². The average molecular weight is 267 g/mol. The van der Waals surface area contributed by atoms with Crippen LogP contribution in [0.15, 0.2) is 22.7 Å². The molecule has 2 aromatic rings. The van der Waals surface area contributed by atoms with Crippen LogP contribution >= 0.6 is 11.6 Å². The molecule has 0 radical (unpaired) electrons. The van der Waals surface area contributed by atoms with E-state index in [-0.39, 0.29) is 5.38 Å². The monoisotopic (exact) mass is 266 g/mol. The Labute approximate surface area is 109 Å². The summed E-state index contributed by atoms with van der Waals surface area (Å²) in [4.78, 5) is 4.24. The molecule has 0 spiro atoms. The number of hydrogen-bond donors (Lipinski definition) is 0. The van der Waals surface area contributed by atoms with Crippen molar-refractivity contribution < 1.29 is 14.0 Å². The van der Waals surface area contributed by atoms with E-state index in [9.17, 15) is 0 Å². The minimum absolute atomic E-state index is 0.292. The van der Waals surface area contributed by atoms with E-state index >= 15 is 0 Å². The van der Waals surface area contributed by atoms with Crippen LogP contribution in [0.3, 0.4) is 0 Å². The standard InChI is InChI=1S/C12H11ClN2O3/c1-7(13)11-14-12(18-15-11)8-3-2-4-9-10(8)17-6-5-16-9/h2-4,7H,5-6H2,1H3. The zero-order valence-electron chi connectivity index (χ0n) is 9.72. The molecule has 0 bridgehead atoms. The highest BCUT2D eigenvalue weighted by Gasteiger charge is 2.21. The first kappa shape index (κ1) is 11.3. The van der Waals surface area contributed by atoms with Gasteiger partial charge in [-0.15, -0.1) is 11.6 Å². The van der Waals surface area contributed by atoms with Crippen LogP contribution in [0.1, 0.15) is 18.1 Å². The molecular formula is C12H11ClN2O3. The number of aromatic nitrogens is 2. The Kier molecular flexibility index (Phi) is 2.83. The summed E-state index contributed by atoms with van der Waals surface area (Å²) in [5.74, 6) is 2.18. The lowest BCUT2D eigenvalue weighted by atomic mass is 10.1. The molecule has 94 valence electrons. The molecule has 1 aliphatic rings. The van der Waals surface area contributed by atoms with E-state index in [1.54, 1.807) is 6.92 Å². The lowest BCUT2D eigenvalue weighted by molar-refractivity contribution is 0.172. The Balaban J connectivity index is 2.05. The highest BCUT2D eigenvalue weighted by molar-refractivity contribution is 6.20. The van der Waals surface area contributed by atoms with Gasteiger partial charge in [0.2, 0.25) is 0 Å². The van der Waals surface area contributed by atoms with Gasteiger partial charge in [0, 0.05) is 0 Å². The van der Waals surface area contributed by atoms with E-state index in [0.29, 0.717) is 36.4 Å². The molecular weight excluding hydrogens is 256 g/mol. The number of para-hydroxylation sites is 1. The minimum atomic E-state index is -0.292. The van der Waals surface area contributed by atoms with Gasteiger partial charge in [0.1, 0.15) is 13.2 Å². The van der Waals surface area contributed by atoms with Crippen molar-refractivity contribution in [3.63, 3.8) is 0 Å². The molecule has 1 aromatic heterocycles. The smallest absolute Gasteiger partial charge is 0.261 e. The molecule has 1 unspecified atom stereocenters. The lowest BCUT2D eigenvalue weighted by Crippen LogP contribution is -2.15. The summed E-state index contributed by atoms with van der Waals surface area (Å²) in [7, 11) is 0. The molecule has 1 aliphatic heterocycles. The van der Waals surface area contributed by atoms with Crippen LogP contribution in [-0.4, -0.2) is 23.4 Å². The molecule has 2 heterocycles. The number of rotatable bonds is 2. The summed E-state index contributed by atoms with van der Waals surface area (Å²) in [6.07, 6.45) is 0. The van der Waals surface area contributed by atoms with Crippen molar-refractivity contribution in [1.29, 1.82) is 0 Å². The Hall–Kier alpha value is -1.75. The summed E-state index contributed by atoms with van der Waals surface area (Å²) in [6.45, 7) is 2.84. The Morgan fingerprint density at radius 2 is 2.11 bits per heavy atom. The molecule has 0 aliphatic carbocycles. The Morgan fingerprint density at radius 1 is 1.28 bits per heavy atom. The predicted molar refractivity (Wildman–Crippen MR) is 65.0 cm³/mol. The van der Waals surface area contributed by atoms with E-state index in [2.05, 4.69) is 10.1 Å². The largest absolute Gasteiger partial charge is 0.486 e. The predicted octanol–water partition coefficient (Wildman–Crippen LogP) is 2.81. The first-order valence-corrected chi connectivity index (χ1v) is 6.06. The van der Waals surface area contributed by atoms with Gasteiger partial charge in [0.25, 0.3) is 5.89 Å². The second-order valence-corrected chi connectivity index (χ2v) is 4.56. The molecule has 0 saturated heterocycles. The third kappa shape index (κ3) is 1.90. The van der Waals surface area contributed by atoms with Crippen molar-refractivity contribution >= 4 is 11.6 Å². The van der Waals surface area contributed by atoms with Crippen molar-refractivity contribution in [2.75, 3.05) is 13.2 Å². The third-order valence-electron chi connectivity index (χ3n) is 2.59. The maximum Gasteiger partial charge on any atom is 0.261 e. The van der Waals surface area contributed by atoms with Crippen LogP contribution in [0.25, 0.3) is 11.5 Å². The van der Waals surface area contributed by atoms with Crippen LogP contribution in [-0.2, 0) is 0 Å². The summed E-state index contributed by atoms with van der Waals surface area (Å²) in [5.41, 5.74) is 0.725. The van der Waals surface area contributed by atoms with Crippen LogP contribution in [0.5, 0.6) is 11.5 Å². The molecule has 0 saturated carbocycles. The molecule has 0 amide bonds. The number of hydrogen-bond acceptors (Lipinski definition) is 5. The summed E-state index contributed by atoms with van der Waals surface area (Å²) in [5, 5.41) is 3.53.